The van der Waals surface area contributed by atoms with Crippen molar-refractivity contribution in [2.45, 2.75) is 45.1 Å². The van der Waals surface area contributed by atoms with Gasteiger partial charge in [0, 0.05) is 5.75 Å². The highest BCUT2D eigenvalue weighted by atomic mass is 32.2. The van der Waals surface area contributed by atoms with Crippen LogP contribution in [-0.2, 0) is 0 Å². The van der Waals surface area contributed by atoms with E-state index in [1.807, 2.05) is 11.8 Å². The Balaban J connectivity index is 2.05. The van der Waals surface area contributed by atoms with Crippen molar-refractivity contribution >= 4 is 11.8 Å². The summed E-state index contributed by atoms with van der Waals surface area (Å²) in [4.78, 5) is 0. The molecule has 0 aromatic carbocycles. The van der Waals surface area contributed by atoms with Crippen molar-refractivity contribution in [3.8, 4) is 0 Å². The Morgan fingerprint density at radius 1 is 1.29 bits per heavy atom. The average Bonchev–Trinajstić information content (AvgIpc) is 2.49. The number of hydrogen-bond donors (Lipinski definition) is 1. The van der Waals surface area contributed by atoms with Gasteiger partial charge in [0.25, 0.3) is 0 Å². The second-order valence-corrected chi connectivity index (χ2v) is 6.41. The van der Waals surface area contributed by atoms with Crippen LogP contribution in [0.2, 0.25) is 0 Å². The van der Waals surface area contributed by atoms with Crippen LogP contribution < -0.4 is 0 Å². The molecule has 1 heterocycles. The lowest BCUT2D eigenvalue weighted by Gasteiger charge is -2.40. The number of hydrogen-bond acceptors (Lipinski definition) is 2. The second kappa shape index (κ2) is 4.05. The Hall–Kier alpha value is 0.310. The van der Waals surface area contributed by atoms with Gasteiger partial charge in [0.2, 0.25) is 0 Å². The molecule has 0 radical (unpaired) electrons. The van der Waals surface area contributed by atoms with Crippen LogP contribution in [0, 0.1) is 17.8 Å². The molecular formula is C12H22OS. The van der Waals surface area contributed by atoms with Crippen molar-refractivity contribution in [1.82, 2.24) is 0 Å². The van der Waals surface area contributed by atoms with E-state index >= 15 is 0 Å². The van der Waals surface area contributed by atoms with Crippen LogP contribution in [0.4, 0.5) is 0 Å². The van der Waals surface area contributed by atoms with Gasteiger partial charge in [-0.05, 0) is 36.3 Å². The van der Waals surface area contributed by atoms with Gasteiger partial charge < -0.3 is 5.11 Å². The topological polar surface area (TPSA) is 20.2 Å². The molecule has 0 bridgehead atoms. The van der Waals surface area contributed by atoms with Crippen molar-refractivity contribution in [2.75, 3.05) is 11.5 Å². The zero-order valence-electron chi connectivity index (χ0n) is 9.33. The van der Waals surface area contributed by atoms with Crippen LogP contribution in [0.1, 0.15) is 39.5 Å². The van der Waals surface area contributed by atoms with Crippen molar-refractivity contribution in [3.63, 3.8) is 0 Å². The number of thioether (sulfide) groups is 1. The molecule has 2 rings (SSSR count). The lowest BCUT2D eigenvalue weighted by Crippen LogP contribution is -2.45. The molecule has 2 fully saturated rings. The standard InChI is InChI=1S/C12H22OS/c1-9-4-3-5-11(6-9)12(13)8-14-7-10(12)2/h9-11,13H,3-8H2,1-2H3. The number of rotatable bonds is 1. The summed E-state index contributed by atoms with van der Waals surface area (Å²) in [5, 5.41) is 10.7. The number of aliphatic hydroxyl groups is 1. The van der Waals surface area contributed by atoms with Gasteiger partial charge in [-0.15, -0.1) is 0 Å². The molecule has 14 heavy (non-hydrogen) atoms. The lowest BCUT2D eigenvalue weighted by atomic mass is 9.70. The first kappa shape index (κ1) is 10.8. The van der Waals surface area contributed by atoms with Gasteiger partial charge in [-0.2, -0.15) is 11.8 Å². The summed E-state index contributed by atoms with van der Waals surface area (Å²) in [5.41, 5.74) is -0.334. The van der Waals surface area contributed by atoms with E-state index in [0.717, 1.165) is 17.4 Å². The molecule has 1 aliphatic heterocycles. The molecule has 1 aliphatic carbocycles. The second-order valence-electron chi connectivity index (χ2n) is 5.38. The van der Waals surface area contributed by atoms with Gasteiger partial charge in [0.15, 0.2) is 0 Å². The smallest absolute Gasteiger partial charge is 0.0799 e. The Kier molecular flexibility index (Phi) is 3.13. The van der Waals surface area contributed by atoms with E-state index in [4.69, 9.17) is 0 Å². The normalized spacial score (nSPS) is 49.5. The van der Waals surface area contributed by atoms with Crippen LogP contribution in [0.5, 0.6) is 0 Å². The van der Waals surface area contributed by atoms with Gasteiger partial charge in [0.05, 0.1) is 5.60 Å². The highest BCUT2D eigenvalue weighted by Gasteiger charge is 2.46. The fraction of sp³-hybridized carbons (Fsp3) is 1.00. The Morgan fingerprint density at radius 2 is 2.07 bits per heavy atom. The zero-order chi connectivity index (χ0) is 10.2. The first-order chi connectivity index (χ1) is 6.63. The molecule has 0 aromatic rings. The quantitative estimate of drug-likeness (QED) is 0.724. The summed E-state index contributed by atoms with van der Waals surface area (Å²) in [6.45, 7) is 4.56. The largest absolute Gasteiger partial charge is 0.388 e. The van der Waals surface area contributed by atoms with E-state index in [2.05, 4.69) is 13.8 Å². The summed E-state index contributed by atoms with van der Waals surface area (Å²) >= 11 is 1.93. The fourth-order valence-corrected chi connectivity index (χ4v) is 4.70. The Morgan fingerprint density at radius 3 is 2.64 bits per heavy atom. The molecule has 0 aromatic heterocycles. The maximum Gasteiger partial charge on any atom is 0.0799 e. The molecule has 1 saturated carbocycles. The third-order valence-corrected chi connectivity index (χ3v) is 5.60. The van der Waals surface area contributed by atoms with E-state index in [1.165, 1.54) is 25.7 Å². The van der Waals surface area contributed by atoms with Gasteiger partial charge in [-0.1, -0.05) is 26.7 Å². The van der Waals surface area contributed by atoms with Crippen LogP contribution in [0.25, 0.3) is 0 Å². The minimum absolute atomic E-state index is 0.334. The van der Waals surface area contributed by atoms with E-state index in [9.17, 15) is 5.11 Å². The first-order valence-electron chi connectivity index (χ1n) is 5.93. The lowest BCUT2D eigenvalue weighted by molar-refractivity contribution is -0.0492. The molecule has 0 amide bonds. The third kappa shape index (κ3) is 1.83. The molecular weight excluding hydrogens is 192 g/mol. The van der Waals surface area contributed by atoms with Gasteiger partial charge >= 0.3 is 0 Å². The van der Waals surface area contributed by atoms with Crippen LogP contribution in [0.3, 0.4) is 0 Å². The predicted molar refractivity (Wildman–Crippen MR) is 62.6 cm³/mol. The molecule has 4 atom stereocenters. The van der Waals surface area contributed by atoms with Crippen LogP contribution in [0.15, 0.2) is 0 Å². The zero-order valence-corrected chi connectivity index (χ0v) is 10.1. The monoisotopic (exact) mass is 214 g/mol. The maximum absolute atomic E-state index is 10.7. The molecule has 4 unspecified atom stereocenters. The fourth-order valence-electron chi connectivity index (χ4n) is 3.09. The molecule has 1 saturated heterocycles. The Labute approximate surface area is 91.7 Å². The van der Waals surface area contributed by atoms with Crippen LogP contribution >= 0.6 is 11.8 Å². The van der Waals surface area contributed by atoms with E-state index in [1.54, 1.807) is 0 Å². The van der Waals surface area contributed by atoms with Crippen molar-refractivity contribution < 1.29 is 5.11 Å². The summed E-state index contributed by atoms with van der Waals surface area (Å²) in [6, 6.07) is 0. The van der Waals surface area contributed by atoms with Crippen molar-refractivity contribution in [1.29, 1.82) is 0 Å². The highest BCUT2D eigenvalue weighted by molar-refractivity contribution is 7.99. The Bertz CT molecular complexity index is 206. The molecule has 0 spiro atoms. The molecule has 1 nitrogen and oxygen atoms in total. The van der Waals surface area contributed by atoms with E-state index in [-0.39, 0.29) is 5.60 Å². The van der Waals surface area contributed by atoms with E-state index < -0.39 is 0 Å². The van der Waals surface area contributed by atoms with Gasteiger partial charge in [0.1, 0.15) is 0 Å². The summed E-state index contributed by atoms with van der Waals surface area (Å²) in [7, 11) is 0. The highest BCUT2D eigenvalue weighted by Crippen LogP contribution is 2.45. The predicted octanol–water partition coefficient (Wildman–Crippen LogP) is 2.93. The molecule has 1 N–H and O–H groups in total. The van der Waals surface area contributed by atoms with Crippen molar-refractivity contribution in [2.24, 2.45) is 17.8 Å². The van der Waals surface area contributed by atoms with Crippen LogP contribution in [-0.4, -0.2) is 22.2 Å². The first-order valence-corrected chi connectivity index (χ1v) is 7.08. The molecule has 2 aliphatic rings. The minimum atomic E-state index is -0.334. The average molecular weight is 214 g/mol. The van der Waals surface area contributed by atoms with Gasteiger partial charge in [-0.3, -0.25) is 0 Å². The summed E-state index contributed by atoms with van der Waals surface area (Å²) < 4.78 is 0. The molecule has 2 heteroatoms. The van der Waals surface area contributed by atoms with Crippen molar-refractivity contribution in [3.05, 3.63) is 0 Å². The maximum atomic E-state index is 10.7. The third-order valence-electron chi connectivity index (χ3n) is 4.20. The minimum Gasteiger partial charge on any atom is -0.388 e. The van der Waals surface area contributed by atoms with Gasteiger partial charge in [-0.25, -0.2) is 0 Å². The summed E-state index contributed by atoms with van der Waals surface area (Å²) in [5.74, 6) is 4.04. The summed E-state index contributed by atoms with van der Waals surface area (Å²) in [6.07, 6.45) is 5.20. The SMILES string of the molecule is CC1CCCC(C2(O)CSCC2C)C1. The molecule has 82 valence electrons. The van der Waals surface area contributed by atoms with E-state index in [0.29, 0.717) is 11.8 Å².